The molecule has 2 heteroatoms. The van der Waals surface area contributed by atoms with Gasteiger partial charge in [0.15, 0.2) is 0 Å². The summed E-state index contributed by atoms with van der Waals surface area (Å²) < 4.78 is 0. The number of benzene rings is 1. The van der Waals surface area contributed by atoms with E-state index >= 15 is 0 Å². The van der Waals surface area contributed by atoms with E-state index in [4.69, 9.17) is 17.3 Å². The van der Waals surface area contributed by atoms with Crippen LogP contribution in [0.15, 0.2) is 24.3 Å². The third-order valence-electron chi connectivity index (χ3n) is 6.55. The fourth-order valence-corrected chi connectivity index (χ4v) is 6.45. The molecule has 4 aliphatic rings. The fraction of sp³-hybridized carbons (Fsp3) is 0.684. The van der Waals surface area contributed by atoms with Gasteiger partial charge in [-0.05, 0) is 85.3 Å². The molecule has 2 N–H and O–H groups in total. The predicted molar refractivity (Wildman–Crippen MR) is 88.4 cm³/mol. The van der Waals surface area contributed by atoms with Crippen LogP contribution in [0.3, 0.4) is 0 Å². The minimum absolute atomic E-state index is 0.309. The van der Waals surface area contributed by atoms with Crippen LogP contribution in [0.5, 0.6) is 0 Å². The Kier molecular flexibility index (Phi) is 3.17. The molecule has 1 aromatic rings. The molecule has 3 atom stereocenters. The SMILES string of the molecule is CC12CC3CC(C1)CC(C(N)Cc1ccc(Cl)cc1)(C3)C2. The van der Waals surface area contributed by atoms with Crippen LogP contribution in [0.4, 0.5) is 0 Å². The highest BCUT2D eigenvalue weighted by Gasteiger charge is 2.57. The van der Waals surface area contributed by atoms with Crippen molar-refractivity contribution in [2.45, 2.75) is 57.9 Å². The Hall–Kier alpha value is -0.530. The first-order valence-electron chi connectivity index (χ1n) is 8.46. The third kappa shape index (κ3) is 2.43. The summed E-state index contributed by atoms with van der Waals surface area (Å²) in [7, 11) is 0. The minimum Gasteiger partial charge on any atom is -0.327 e. The first-order chi connectivity index (χ1) is 9.96. The zero-order valence-electron chi connectivity index (χ0n) is 12.9. The van der Waals surface area contributed by atoms with E-state index in [1.54, 1.807) is 0 Å². The molecule has 4 bridgehead atoms. The highest BCUT2D eigenvalue weighted by Crippen LogP contribution is 2.66. The molecule has 4 aliphatic carbocycles. The van der Waals surface area contributed by atoms with Gasteiger partial charge in [0, 0.05) is 11.1 Å². The van der Waals surface area contributed by atoms with Gasteiger partial charge in [-0.2, -0.15) is 0 Å². The van der Waals surface area contributed by atoms with Crippen molar-refractivity contribution in [2.75, 3.05) is 0 Å². The maximum absolute atomic E-state index is 6.77. The summed E-state index contributed by atoms with van der Waals surface area (Å²) in [6.07, 6.45) is 9.53. The standard InChI is InChI=1S/C19H26ClN/c1-18-8-14-6-15(9-18)11-19(10-14,12-18)17(21)7-13-2-4-16(20)5-3-13/h2-5,14-15,17H,6-12,21H2,1H3. The second kappa shape index (κ2) is 4.73. The van der Waals surface area contributed by atoms with Gasteiger partial charge in [-0.3, -0.25) is 0 Å². The Morgan fingerprint density at radius 3 is 2.33 bits per heavy atom. The molecule has 5 rings (SSSR count). The highest BCUT2D eigenvalue weighted by atomic mass is 35.5. The molecule has 0 spiro atoms. The first kappa shape index (κ1) is 14.1. The Morgan fingerprint density at radius 2 is 1.76 bits per heavy atom. The monoisotopic (exact) mass is 303 g/mol. The zero-order chi connectivity index (χ0) is 14.7. The van der Waals surface area contributed by atoms with Crippen molar-refractivity contribution >= 4 is 11.6 Å². The number of hydrogen-bond donors (Lipinski definition) is 1. The van der Waals surface area contributed by atoms with Crippen LogP contribution in [0, 0.1) is 22.7 Å². The largest absolute Gasteiger partial charge is 0.327 e. The van der Waals surface area contributed by atoms with Crippen molar-refractivity contribution < 1.29 is 0 Å². The van der Waals surface area contributed by atoms with Gasteiger partial charge < -0.3 is 5.73 Å². The molecule has 4 fully saturated rings. The Balaban J connectivity index is 1.56. The number of rotatable bonds is 3. The Bertz CT molecular complexity index is 521. The molecule has 0 radical (unpaired) electrons. The average Bonchev–Trinajstić information content (AvgIpc) is 2.38. The second-order valence-corrected chi connectivity index (χ2v) is 9.01. The summed E-state index contributed by atoms with van der Waals surface area (Å²) in [4.78, 5) is 0. The van der Waals surface area contributed by atoms with Gasteiger partial charge in [-0.1, -0.05) is 30.7 Å². The minimum atomic E-state index is 0.309. The van der Waals surface area contributed by atoms with Crippen molar-refractivity contribution in [3.05, 3.63) is 34.9 Å². The van der Waals surface area contributed by atoms with Gasteiger partial charge in [0.1, 0.15) is 0 Å². The van der Waals surface area contributed by atoms with Gasteiger partial charge in [-0.25, -0.2) is 0 Å². The maximum Gasteiger partial charge on any atom is 0.0406 e. The van der Waals surface area contributed by atoms with Crippen LogP contribution in [0.1, 0.15) is 51.0 Å². The highest BCUT2D eigenvalue weighted by molar-refractivity contribution is 6.30. The van der Waals surface area contributed by atoms with Gasteiger partial charge in [-0.15, -0.1) is 0 Å². The van der Waals surface area contributed by atoms with Crippen LogP contribution in [0.2, 0.25) is 5.02 Å². The molecule has 0 aromatic heterocycles. The molecular formula is C19H26ClN. The topological polar surface area (TPSA) is 26.0 Å². The number of halogens is 1. The van der Waals surface area contributed by atoms with E-state index in [0.717, 1.165) is 23.3 Å². The van der Waals surface area contributed by atoms with E-state index in [2.05, 4.69) is 19.1 Å². The van der Waals surface area contributed by atoms with Crippen molar-refractivity contribution in [3.63, 3.8) is 0 Å². The maximum atomic E-state index is 6.77. The van der Waals surface area contributed by atoms with E-state index in [1.807, 2.05) is 12.1 Å². The summed E-state index contributed by atoms with van der Waals surface area (Å²) in [6, 6.07) is 8.58. The second-order valence-electron chi connectivity index (χ2n) is 8.57. The molecular weight excluding hydrogens is 278 g/mol. The van der Waals surface area contributed by atoms with Crippen molar-refractivity contribution in [1.82, 2.24) is 0 Å². The Morgan fingerprint density at radius 1 is 1.14 bits per heavy atom. The molecule has 4 saturated carbocycles. The van der Waals surface area contributed by atoms with Crippen LogP contribution in [-0.4, -0.2) is 6.04 Å². The lowest BCUT2D eigenvalue weighted by Crippen LogP contribution is -2.58. The van der Waals surface area contributed by atoms with E-state index in [0.29, 0.717) is 16.9 Å². The Labute approximate surface area is 133 Å². The molecule has 114 valence electrons. The molecule has 1 aromatic carbocycles. The van der Waals surface area contributed by atoms with E-state index in [1.165, 1.54) is 44.1 Å². The van der Waals surface area contributed by atoms with E-state index < -0.39 is 0 Å². The third-order valence-corrected chi connectivity index (χ3v) is 6.81. The van der Waals surface area contributed by atoms with E-state index in [-0.39, 0.29) is 0 Å². The normalized spacial score (nSPS) is 42.2. The van der Waals surface area contributed by atoms with Crippen molar-refractivity contribution in [2.24, 2.45) is 28.4 Å². The summed E-state index contributed by atoms with van der Waals surface area (Å²) in [5.41, 5.74) is 9.11. The summed E-state index contributed by atoms with van der Waals surface area (Å²) in [5, 5.41) is 0.814. The van der Waals surface area contributed by atoms with Crippen LogP contribution in [-0.2, 0) is 6.42 Å². The molecule has 3 unspecified atom stereocenters. The predicted octanol–water partition coefficient (Wildman–Crippen LogP) is 4.82. The lowest BCUT2D eigenvalue weighted by Gasteiger charge is -2.63. The van der Waals surface area contributed by atoms with Crippen molar-refractivity contribution in [3.8, 4) is 0 Å². The van der Waals surface area contributed by atoms with Gasteiger partial charge in [0.05, 0.1) is 0 Å². The van der Waals surface area contributed by atoms with Crippen molar-refractivity contribution in [1.29, 1.82) is 0 Å². The molecule has 1 nitrogen and oxygen atoms in total. The molecule has 0 heterocycles. The summed E-state index contributed by atoms with van der Waals surface area (Å²) >= 11 is 5.99. The number of hydrogen-bond acceptors (Lipinski definition) is 1. The summed E-state index contributed by atoms with van der Waals surface area (Å²) in [6.45, 7) is 2.52. The quantitative estimate of drug-likeness (QED) is 0.851. The molecule has 21 heavy (non-hydrogen) atoms. The first-order valence-corrected chi connectivity index (χ1v) is 8.84. The molecule has 0 amide bonds. The van der Waals surface area contributed by atoms with Crippen LogP contribution in [0.25, 0.3) is 0 Å². The lowest BCUT2D eigenvalue weighted by atomic mass is 9.43. The lowest BCUT2D eigenvalue weighted by molar-refractivity contribution is -0.112. The van der Waals surface area contributed by atoms with Crippen LogP contribution >= 0.6 is 11.6 Å². The van der Waals surface area contributed by atoms with Gasteiger partial charge in [0.25, 0.3) is 0 Å². The van der Waals surface area contributed by atoms with Gasteiger partial charge in [0.2, 0.25) is 0 Å². The summed E-state index contributed by atoms with van der Waals surface area (Å²) in [5.74, 6) is 1.90. The van der Waals surface area contributed by atoms with E-state index in [9.17, 15) is 0 Å². The average molecular weight is 304 g/mol. The van der Waals surface area contributed by atoms with Gasteiger partial charge >= 0.3 is 0 Å². The van der Waals surface area contributed by atoms with Crippen LogP contribution < -0.4 is 5.73 Å². The fourth-order valence-electron chi connectivity index (χ4n) is 6.32. The molecule has 0 saturated heterocycles. The zero-order valence-corrected chi connectivity index (χ0v) is 13.7. The smallest absolute Gasteiger partial charge is 0.0406 e. The number of nitrogens with two attached hydrogens (primary N) is 1. The molecule has 0 aliphatic heterocycles.